The summed E-state index contributed by atoms with van der Waals surface area (Å²) in [6.45, 7) is 5.26. The fourth-order valence-electron chi connectivity index (χ4n) is 1.94. The van der Waals surface area contributed by atoms with Crippen molar-refractivity contribution in [3.63, 3.8) is 0 Å². The van der Waals surface area contributed by atoms with E-state index in [4.69, 9.17) is 0 Å². The predicted molar refractivity (Wildman–Crippen MR) is 84.4 cm³/mol. The van der Waals surface area contributed by atoms with E-state index in [-0.39, 0.29) is 6.03 Å². The predicted octanol–water partition coefficient (Wildman–Crippen LogP) is 3.11. The summed E-state index contributed by atoms with van der Waals surface area (Å²) in [5, 5.41) is 8.79. The molecule has 2 rings (SSSR count). The van der Waals surface area contributed by atoms with E-state index in [0.717, 1.165) is 18.7 Å². The van der Waals surface area contributed by atoms with Gasteiger partial charge in [-0.25, -0.2) is 9.78 Å². The number of urea groups is 1. The Morgan fingerprint density at radius 3 is 2.67 bits per heavy atom. The van der Waals surface area contributed by atoms with Crippen molar-refractivity contribution < 1.29 is 4.79 Å². The van der Waals surface area contributed by atoms with Crippen LogP contribution in [0, 0.1) is 0 Å². The van der Waals surface area contributed by atoms with Crippen LogP contribution in [0.5, 0.6) is 0 Å². The van der Waals surface area contributed by atoms with Crippen LogP contribution in [0.15, 0.2) is 36.7 Å². The first-order valence-electron chi connectivity index (χ1n) is 7.09. The van der Waals surface area contributed by atoms with Gasteiger partial charge < -0.3 is 15.6 Å². The van der Waals surface area contributed by atoms with E-state index in [1.807, 2.05) is 24.3 Å². The molecule has 0 saturated carbocycles. The van der Waals surface area contributed by atoms with E-state index in [1.54, 1.807) is 12.4 Å². The highest BCUT2D eigenvalue weighted by Gasteiger charge is 2.06. The lowest BCUT2D eigenvalue weighted by Crippen LogP contribution is -2.21. The fraction of sp³-hybridized carbons (Fsp3) is 0.333. The van der Waals surface area contributed by atoms with Crippen LogP contribution in [0.4, 0.5) is 16.4 Å². The lowest BCUT2D eigenvalue weighted by molar-refractivity contribution is 0.262. The minimum atomic E-state index is -0.324. The molecule has 1 heterocycles. The van der Waals surface area contributed by atoms with E-state index < -0.39 is 0 Å². The van der Waals surface area contributed by atoms with E-state index >= 15 is 0 Å². The summed E-state index contributed by atoms with van der Waals surface area (Å²) in [6, 6.07) is 7.78. The second-order valence-electron chi connectivity index (χ2n) is 4.81. The van der Waals surface area contributed by atoms with E-state index in [9.17, 15) is 4.79 Å². The molecule has 0 radical (unpaired) electrons. The highest BCUT2D eigenvalue weighted by molar-refractivity contribution is 5.98. The normalized spacial score (nSPS) is 11.9. The minimum absolute atomic E-state index is 0.302. The first-order valence-corrected chi connectivity index (χ1v) is 7.09. The zero-order valence-electron chi connectivity index (χ0n) is 12.3. The van der Waals surface area contributed by atoms with Crippen LogP contribution in [0.2, 0.25) is 0 Å². The summed E-state index contributed by atoms with van der Waals surface area (Å²) in [5.41, 5.74) is 1.94. The molecule has 0 fully saturated rings. The quantitative estimate of drug-likeness (QED) is 0.659. The van der Waals surface area contributed by atoms with Gasteiger partial charge >= 0.3 is 6.03 Å². The standard InChI is InChI=1S/C15H21N5O/c1-3-8-16-11(2)12-4-6-13(7-5-12)19-15(21)20-14-17-9-10-18-14/h4-7,9-11,16H,3,8H2,1-2H3,(H3,17,18,19,20,21). The monoisotopic (exact) mass is 287 g/mol. The summed E-state index contributed by atoms with van der Waals surface area (Å²) < 4.78 is 0. The third kappa shape index (κ3) is 4.61. The average molecular weight is 287 g/mol. The molecule has 0 saturated heterocycles. The molecule has 1 unspecified atom stereocenters. The molecule has 2 amide bonds. The molecule has 21 heavy (non-hydrogen) atoms. The second-order valence-corrected chi connectivity index (χ2v) is 4.81. The molecule has 6 heteroatoms. The van der Waals surface area contributed by atoms with Gasteiger partial charge in [0.2, 0.25) is 5.95 Å². The van der Waals surface area contributed by atoms with E-state index in [2.05, 4.69) is 39.8 Å². The highest BCUT2D eigenvalue weighted by atomic mass is 16.2. The van der Waals surface area contributed by atoms with Gasteiger partial charge in [0.25, 0.3) is 0 Å². The number of aromatic amines is 1. The van der Waals surface area contributed by atoms with Crippen molar-refractivity contribution in [2.24, 2.45) is 0 Å². The first kappa shape index (κ1) is 15.1. The molecule has 112 valence electrons. The lowest BCUT2D eigenvalue weighted by atomic mass is 10.1. The number of nitrogens with zero attached hydrogens (tertiary/aromatic N) is 1. The largest absolute Gasteiger partial charge is 0.331 e. The van der Waals surface area contributed by atoms with Crippen LogP contribution < -0.4 is 16.0 Å². The summed E-state index contributed by atoms with van der Waals surface area (Å²) in [6.07, 6.45) is 4.33. The number of rotatable bonds is 6. The smallest absolute Gasteiger partial charge is 0.326 e. The number of carbonyl (C=O) groups is 1. The van der Waals surface area contributed by atoms with Crippen molar-refractivity contribution >= 4 is 17.7 Å². The van der Waals surface area contributed by atoms with Gasteiger partial charge in [-0.2, -0.15) is 0 Å². The number of anilines is 2. The van der Waals surface area contributed by atoms with Crippen molar-refractivity contribution in [3.8, 4) is 0 Å². The van der Waals surface area contributed by atoms with Gasteiger partial charge in [-0.15, -0.1) is 0 Å². The fourth-order valence-corrected chi connectivity index (χ4v) is 1.94. The Morgan fingerprint density at radius 2 is 2.05 bits per heavy atom. The van der Waals surface area contributed by atoms with Crippen molar-refractivity contribution in [2.45, 2.75) is 26.3 Å². The highest BCUT2D eigenvalue weighted by Crippen LogP contribution is 2.16. The zero-order chi connectivity index (χ0) is 15.1. The minimum Gasteiger partial charge on any atom is -0.331 e. The Bertz CT molecular complexity index is 550. The zero-order valence-corrected chi connectivity index (χ0v) is 12.3. The maximum absolute atomic E-state index is 11.7. The Kier molecular flexibility index (Phi) is 5.34. The van der Waals surface area contributed by atoms with Crippen LogP contribution in [0.25, 0.3) is 0 Å². The second kappa shape index (κ2) is 7.44. The van der Waals surface area contributed by atoms with Gasteiger partial charge in [0.1, 0.15) is 0 Å². The molecule has 0 aliphatic heterocycles. The van der Waals surface area contributed by atoms with Gasteiger partial charge in [0.15, 0.2) is 0 Å². The molecule has 2 aromatic rings. The van der Waals surface area contributed by atoms with Crippen LogP contribution in [0.1, 0.15) is 31.9 Å². The SMILES string of the molecule is CCCNC(C)c1ccc(NC(=O)Nc2ncc[nH]2)cc1. The van der Waals surface area contributed by atoms with Crippen LogP contribution in [0.3, 0.4) is 0 Å². The maximum atomic E-state index is 11.7. The number of carbonyl (C=O) groups excluding carboxylic acids is 1. The molecule has 0 aliphatic rings. The number of aromatic nitrogens is 2. The van der Waals surface area contributed by atoms with Gasteiger partial charge in [-0.05, 0) is 37.6 Å². The van der Waals surface area contributed by atoms with Crippen molar-refractivity contribution in [1.82, 2.24) is 15.3 Å². The Balaban J connectivity index is 1.88. The Hall–Kier alpha value is -2.34. The number of hydrogen-bond donors (Lipinski definition) is 4. The van der Waals surface area contributed by atoms with Crippen molar-refractivity contribution in [2.75, 3.05) is 17.2 Å². The molecule has 1 aromatic carbocycles. The number of imidazole rings is 1. The van der Waals surface area contributed by atoms with Crippen LogP contribution >= 0.6 is 0 Å². The van der Waals surface area contributed by atoms with Crippen molar-refractivity contribution in [1.29, 1.82) is 0 Å². The van der Waals surface area contributed by atoms with Crippen LogP contribution in [-0.4, -0.2) is 22.5 Å². The summed E-state index contributed by atoms with van der Waals surface area (Å²) in [5.74, 6) is 0.418. The number of benzene rings is 1. The lowest BCUT2D eigenvalue weighted by Gasteiger charge is -2.14. The number of H-pyrrole nitrogens is 1. The Labute approximate surface area is 124 Å². The van der Waals surface area contributed by atoms with Crippen LogP contribution in [-0.2, 0) is 0 Å². The number of nitrogens with one attached hydrogen (secondary N) is 4. The van der Waals surface area contributed by atoms with Gasteiger partial charge in [-0.3, -0.25) is 5.32 Å². The molecule has 0 aliphatic carbocycles. The topological polar surface area (TPSA) is 81.8 Å². The molecule has 4 N–H and O–H groups in total. The van der Waals surface area contributed by atoms with Gasteiger partial charge in [0, 0.05) is 24.1 Å². The molecular weight excluding hydrogens is 266 g/mol. The molecule has 0 bridgehead atoms. The van der Waals surface area contributed by atoms with Crippen molar-refractivity contribution in [3.05, 3.63) is 42.2 Å². The van der Waals surface area contributed by atoms with Gasteiger partial charge in [-0.1, -0.05) is 19.1 Å². The summed E-state index contributed by atoms with van der Waals surface area (Å²) >= 11 is 0. The van der Waals surface area contributed by atoms with Gasteiger partial charge in [0.05, 0.1) is 0 Å². The van der Waals surface area contributed by atoms with E-state index in [1.165, 1.54) is 5.56 Å². The third-order valence-electron chi connectivity index (χ3n) is 3.10. The number of hydrogen-bond acceptors (Lipinski definition) is 3. The Morgan fingerprint density at radius 1 is 1.29 bits per heavy atom. The molecule has 1 atom stereocenters. The molecule has 0 spiro atoms. The molecular formula is C15H21N5O. The molecule has 1 aromatic heterocycles. The first-order chi connectivity index (χ1) is 10.2. The summed E-state index contributed by atoms with van der Waals surface area (Å²) in [7, 11) is 0. The van der Waals surface area contributed by atoms with E-state index in [0.29, 0.717) is 12.0 Å². The average Bonchev–Trinajstić information content (AvgIpc) is 2.98. The number of amides is 2. The maximum Gasteiger partial charge on any atom is 0.326 e. The molecule has 6 nitrogen and oxygen atoms in total. The summed E-state index contributed by atoms with van der Waals surface area (Å²) in [4.78, 5) is 18.5. The third-order valence-corrected chi connectivity index (χ3v) is 3.10.